The molecule has 36 heavy (non-hydrogen) atoms. The number of carbonyl (C=O) groups is 2. The second kappa shape index (κ2) is 10.1. The number of anilines is 1. The summed E-state index contributed by atoms with van der Waals surface area (Å²) in [6, 6.07) is 18.1. The molecule has 8 heteroatoms. The van der Waals surface area contributed by atoms with Gasteiger partial charge in [-0.3, -0.25) is 4.79 Å². The van der Waals surface area contributed by atoms with Gasteiger partial charge in [0.25, 0.3) is 5.91 Å². The molecule has 0 unspecified atom stereocenters. The van der Waals surface area contributed by atoms with Gasteiger partial charge in [-0.2, -0.15) is 0 Å². The number of aromatic amines is 1. The number of fused-ring (bicyclic) bond motifs is 1. The van der Waals surface area contributed by atoms with Crippen LogP contribution in [0.5, 0.6) is 11.5 Å². The number of carbonyl (C=O) groups excluding carboxylic acids is 2. The Morgan fingerprint density at radius 2 is 1.64 bits per heavy atom. The topological polar surface area (TPSA) is 89.6 Å². The average Bonchev–Trinajstić information content (AvgIpc) is 3.30. The highest BCUT2D eigenvalue weighted by atomic mass is 19.1. The van der Waals surface area contributed by atoms with Gasteiger partial charge in [0.2, 0.25) is 0 Å². The summed E-state index contributed by atoms with van der Waals surface area (Å²) >= 11 is 0. The van der Waals surface area contributed by atoms with Crippen molar-refractivity contribution in [2.45, 2.75) is 19.3 Å². The lowest BCUT2D eigenvalue weighted by atomic mass is 9.85. The molecule has 0 radical (unpaired) electrons. The van der Waals surface area contributed by atoms with Gasteiger partial charge in [0.1, 0.15) is 18.1 Å². The zero-order chi connectivity index (χ0) is 25.9. The van der Waals surface area contributed by atoms with Crippen LogP contribution in [0, 0.1) is 5.82 Å². The number of aromatic nitrogens is 1. The highest BCUT2D eigenvalue weighted by Gasteiger charge is 2.24. The van der Waals surface area contributed by atoms with Crippen LogP contribution < -0.4 is 14.8 Å². The highest BCUT2D eigenvalue weighted by Crippen LogP contribution is 2.29. The van der Waals surface area contributed by atoms with Gasteiger partial charge in [-0.15, -0.1) is 0 Å². The predicted molar refractivity (Wildman–Crippen MR) is 136 cm³/mol. The smallest absolute Gasteiger partial charge is 0.354 e. The molecule has 4 aromatic rings. The summed E-state index contributed by atoms with van der Waals surface area (Å²) in [7, 11) is 3.05. The lowest BCUT2D eigenvalue weighted by molar-refractivity contribution is 0.0421. The average molecular weight is 491 g/mol. The van der Waals surface area contributed by atoms with Crippen molar-refractivity contribution < 1.29 is 28.2 Å². The number of nitrogens with one attached hydrogen (secondary N) is 2. The monoisotopic (exact) mass is 490 g/mol. The number of methoxy groups -OCH3 is 2. The van der Waals surface area contributed by atoms with E-state index < -0.39 is 11.4 Å². The van der Waals surface area contributed by atoms with Crippen LogP contribution in [0.4, 0.5) is 10.1 Å². The van der Waals surface area contributed by atoms with Crippen molar-refractivity contribution in [3.8, 4) is 11.5 Å². The Hall–Kier alpha value is -4.33. The van der Waals surface area contributed by atoms with Crippen molar-refractivity contribution in [3.05, 3.63) is 89.4 Å². The van der Waals surface area contributed by atoms with Crippen molar-refractivity contribution >= 4 is 28.5 Å². The number of ether oxygens (including phenoxy) is 3. The van der Waals surface area contributed by atoms with E-state index in [1.54, 1.807) is 42.5 Å². The lowest BCUT2D eigenvalue weighted by Crippen LogP contribution is -2.26. The van der Waals surface area contributed by atoms with Gasteiger partial charge in [0.15, 0.2) is 11.5 Å². The standard InChI is InChI=1S/C28H27FN2O5/c1-28(2,16-36-27(33)23-14-18-13-20(29)8-11-22(18)31-23)19-6-9-21(10-7-19)30-26(32)17-5-12-24(34-3)25(15-17)35-4/h5-15,31H,16H2,1-4H3,(H,30,32). The van der Waals surface area contributed by atoms with Gasteiger partial charge in [0.05, 0.1) is 14.2 Å². The SMILES string of the molecule is COc1ccc(C(=O)Nc2ccc(C(C)(C)COC(=O)c3cc4cc(F)ccc4[nH]3)cc2)cc1OC. The molecular weight excluding hydrogens is 463 g/mol. The Labute approximate surface area is 208 Å². The molecule has 1 amide bonds. The van der Waals surface area contributed by atoms with Crippen LogP contribution in [0.3, 0.4) is 0 Å². The van der Waals surface area contributed by atoms with Gasteiger partial charge >= 0.3 is 5.97 Å². The quantitative estimate of drug-likeness (QED) is 0.309. The van der Waals surface area contributed by atoms with Gasteiger partial charge in [-0.1, -0.05) is 26.0 Å². The Bertz CT molecular complexity index is 1410. The number of H-pyrrole nitrogens is 1. The van der Waals surface area contributed by atoms with Gasteiger partial charge in [-0.05, 0) is 60.2 Å². The van der Waals surface area contributed by atoms with Crippen LogP contribution >= 0.6 is 0 Å². The number of hydrogen-bond donors (Lipinski definition) is 2. The van der Waals surface area contributed by atoms with Gasteiger partial charge in [0, 0.05) is 27.6 Å². The number of halogens is 1. The molecule has 1 aromatic heterocycles. The Balaban J connectivity index is 1.39. The number of hydrogen-bond acceptors (Lipinski definition) is 5. The van der Waals surface area contributed by atoms with Crippen molar-refractivity contribution in [2.24, 2.45) is 0 Å². The molecule has 0 aliphatic carbocycles. The van der Waals surface area contributed by atoms with E-state index in [0.717, 1.165) is 5.56 Å². The van der Waals surface area contributed by atoms with Crippen LogP contribution in [0.2, 0.25) is 0 Å². The second-order valence-electron chi connectivity index (χ2n) is 8.98. The van der Waals surface area contributed by atoms with Crippen LogP contribution in [-0.2, 0) is 10.2 Å². The minimum absolute atomic E-state index is 0.132. The first-order valence-corrected chi connectivity index (χ1v) is 11.3. The molecule has 0 saturated heterocycles. The summed E-state index contributed by atoms with van der Waals surface area (Å²) in [5.74, 6) is -0.157. The van der Waals surface area contributed by atoms with Crippen LogP contribution in [0.1, 0.15) is 40.3 Å². The number of esters is 1. The third kappa shape index (κ3) is 5.33. The Morgan fingerprint density at radius 1 is 0.917 bits per heavy atom. The summed E-state index contributed by atoms with van der Waals surface area (Å²) in [6.45, 7) is 4.04. The van der Waals surface area contributed by atoms with Crippen LogP contribution in [0.25, 0.3) is 10.9 Å². The van der Waals surface area contributed by atoms with E-state index in [4.69, 9.17) is 14.2 Å². The minimum atomic E-state index is -0.515. The molecule has 2 N–H and O–H groups in total. The molecule has 3 aromatic carbocycles. The molecular formula is C28H27FN2O5. The second-order valence-corrected chi connectivity index (χ2v) is 8.98. The summed E-state index contributed by atoms with van der Waals surface area (Å²) in [4.78, 5) is 28.2. The van der Waals surface area contributed by atoms with E-state index in [9.17, 15) is 14.0 Å². The summed E-state index contributed by atoms with van der Waals surface area (Å²) in [5, 5.41) is 3.47. The molecule has 0 aliphatic heterocycles. The molecule has 0 fully saturated rings. The first kappa shape index (κ1) is 24.8. The van der Waals surface area contributed by atoms with Crippen LogP contribution in [-0.4, -0.2) is 37.7 Å². The molecule has 0 aliphatic rings. The van der Waals surface area contributed by atoms with E-state index >= 15 is 0 Å². The maximum absolute atomic E-state index is 13.4. The maximum Gasteiger partial charge on any atom is 0.354 e. The van der Waals surface area contributed by atoms with Crippen molar-refractivity contribution in [1.29, 1.82) is 0 Å². The third-order valence-corrected chi connectivity index (χ3v) is 5.94. The molecule has 0 spiro atoms. The van der Waals surface area contributed by atoms with Gasteiger partial charge < -0.3 is 24.5 Å². The molecule has 0 saturated carbocycles. The Kier molecular flexibility index (Phi) is 6.96. The minimum Gasteiger partial charge on any atom is -0.493 e. The maximum atomic E-state index is 13.4. The van der Waals surface area contributed by atoms with Crippen molar-refractivity contribution in [3.63, 3.8) is 0 Å². The molecule has 186 valence electrons. The highest BCUT2D eigenvalue weighted by molar-refractivity contribution is 6.04. The fourth-order valence-corrected chi connectivity index (χ4v) is 3.81. The van der Waals surface area contributed by atoms with E-state index in [1.807, 2.05) is 26.0 Å². The van der Waals surface area contributed by atoms with Crippen molar-refractivity contribution in [1.82, 2.24) is 4.98 Å². The normalized spacial score (nSPS) is 11.2. The number of benzene rings is 3. The van der Waals surface area contributed by atoms with Gasteiger partial charge in [-0.25, -0.2) is 9.18 Å². The molecule has 0 bridgehead atoms. The van der Waals surface area contributed by atoms with E-state index in [1.165, 1.54) is 26.4 Å². The van der Waals surface area contributed by atoms with Crippen molar-refractivity contribution in [2.75, 3.05) is 26.1 Å². The van der Waals surface area contributed by atoms with Crippen LogP contribution in [0.15, 0.2) is 66.7 Å². The zero-order valence-corrected chi connectivity index (χ0v) is 20.5. The molecule has 4 rings (SSSR count). The number of amides is 1. The summed E-state index contributed by atoms with van der Waals surface area (Å²) < 4.78 is 29.4. The molecule has 7 nitrogen and oxygen atoms in total. The largest absolute Gasteiger partial charge is 0.493 e. The lowest BCUT2D eigenvalue weighted by Gasteiger charge is -2.25. The summed E-state index contributed by atoms with van der Waals surface area (Å²) in [6.07, 6.45) is 0. The molecule has 1 heterocycles. The third-order valence-electron chi connectivity index (χ3n) is 5.94. The first-order valence-electron chi connectivity index (χ1n) is 11.3. The van der Waals surface area contributed by atoms with E-state index in [2.05, 4.69) is 10.3 Å². The van der Waals surface area contributed by atoms with E-state index in [-0.39, 0.29) is 24.0 Å². The molecule has 0 atom stereocenters. The zero-order valence-electron chi connectivity index (χ0n) is 20.5. The number of rotatable bonds is 8. The summed E-state index contributed by atoms with van der Waals surface area (Å²) in [5.41, 5.74) is 2.42. The predicted octanol–water partition coefficient (Wildman–Crippen LogP) is 5.71. The fraction of sp³-hybridized carbons (Fsp3) is 0.214. The Morgan fingerprint density at radius 3 is 2.33 bits per heavy atom. The first-order chi connectivity index (χ1) is 17.2. The van der Waals surface area contributed by atoms with E-state index in [0.29, 0.717) is 33.7 Å². The fourth-order valence-electron chi connectivity index (χ4n) is 3.81.